The smallest absolute Gasteiger partial charge is 0.289 e. The number of nitriles is 2. The third-order valence-electron chi connectivity index (χ3n) is 2.98. The number of carbonyl (C=O) groups excluding carboxylic acids is 1. The molecule has 2 aromatic rings. The molecule has 6 N–H and O–H groups in total. The Morgan fingerprint density at radius 2 is 1.83 bits per heavy atom. The first-order valence-corrected chi connectivity index (χ1v) is 7.36. The van der Waals surface area contributed by atoms with Crippen molar-refractivity contribution in [3.63, 3.8) is 0 Å². The summed E-state index contributed by atoms with van der Waals surface area (Å²) in [6, 6.07) is 10.0. The summed E-state index contributed by atoms with van der Waals surface area (Å²) < 4.78 is 0. The van der Waals surface area contributed by atoms with Crippen molar-refractivity contribution in [3.8, 4) is 29.0 Å². The molecule has 1 aromatic heterocycles. The number of hydrogen-bond acceptors (Lipinski definition) is 6. The van der Waals surface area contributed by atoms with Gasteiger partial charge in [-0.1, -0.05) is 23.9 Å². The number of phenols is 1. The van der Waals surface area contributed by atoms with E-state index in [1.807, 2.05) is 12.1 Å². The van der Waals surface area contributed by atoms with E-state index in [4.69, 9.17) is 11.5 Å². The number of carbonyl (C=O) groups is 1. The lowest BCUT2D eigenvalue weighted by atomic mass is 9.97. The van der Waals surface area contributed by atoms with Gasteiger partial charge in [-0.2, -0.15) is 10.5 Å². The number of thioether (sulfide) groups is 1. The van der Waals surface area contributed by atoms with Crippen molar-refractivity contribution in [3.05, 3.63) is 35.4 Å². The molecule has 0 atom stereocenters. The summed E-state index contributed by atoms with van der Waals surface area (Å²) in [5.41, 5.74) is 12.2. The Bertz CT molecular complexity index is 850. The third-order valence-corrected chi connectivity index (χ3v) is 4.01. The van der Waals surface area contributed by atoms with Crippen molar-refractivity contribution >= 4 is 23.5 Å². The van der Waals surface area contributed by atoms with Crippen LogP contribution >= 0.6 is 11.8 Å². The molecule has 23 heavy (non-hydrogen) atoms. The first-order chi connectivity index (χ1) is 11.0. The van der Waals surface area contributed by atoms with Crippen molar-refractivity contribution in [1.82, 2.24) is 0 Å². The number of aromatic amines is 1. The van der Waals surface area contributed by atoms with Crippen LogP contribution in [0.2, 0.25) is 0 Å². The molecule has 0 spiro atoms. The molecule has 0 aliphatic carbocycles. The Balaban J connectivity index is 2.71. The van der Waals surface area contributed by atoms with E-state index in [1.165, 1.54) is 12.1 Å². The number of nitrogens with one attached hydrogen (secondary N) is 1. The van der Waals surface area contributed by atoms with E-state index in [0.717, 1.165) is 11.8 Å². The lowest BCUT2D eigenvalue weighted by Crippen LogP contribution is -2.20. The number of nitrogens with zero attached hydrogens (tertiary/aromatic N) is 2. The number of nitrogen functional groups attached to an aromatic ring is 1. The van der Waals surface area contributed by atoms with Gasteiger partial charge >= 0.3 is 0 Å². The van der Waals surface area contributed by atoms with Crippen LogP contribution in [0.25, 0.3) is 11.1 Å². The van der Waals surface area contributed by atoms with Gasteiger partial charge in [-0.25, -0.2) is 4.98 Å². The predicted molar refractivity (Wildman–Crippen MR) is 83.9 cm³/mol. The summed E-state index contributed by atoms with van der Waals surface area (Å²) in [6.07, 6.45) is 0. The first-order valence-electron chi connectivity index (χ1n) is 6.37. The number of H-pyrrole nitrogens is 1. The van der Waals surface area contributed by atoms with Crippen LogP contribution in [-0.2, 0) is 4.79 Å². The molecular weight excluding hydrogens is 314 g/mol. The fourth-order valence-electron chi connectivity index (χ4n) is 2.01. The second kappa shape index (κ2) is 6.69. The van der Waals surface area contributed by atoms with Crippen LogP contribution in [0.5, 0.6) is 5.75 Å². The minimum atomic E-state index is -0.540. The molecule has 114 valence electrons. The van der Waals surface area contributed by atoms with Gasteiger partial charge in [-0.05, 0) is 17.7 Å². The quantitative estimate of drug-likeness (QED) is 0.706. The second-order valence-corrected chi connectivity index (χ2v) is 5.50. The van der Waals surface area contributed by atoms with Gasteiger partial charge in [0.2, 0.25) is 5.91 Å². The van der Waals surface area contributed by atoms with Crippen molar-refractivity contribution in [2.45, 2.75) is 5.03 Å². The van der Waals surface area contributed by atoms with E-state index in [-0.39, 0.29) is 28.4 Å². The Hall–Kier alpha value is -3.23. The molecule has 0 bridgehead atoms. The van der Waals surface area contributed by atoms with Gasteiger partial charge < -0.3 is 10.8 Å². The SMILES string of the molecule is N#Cc1c(N)[nH+]c(SCC(N)=O)c(C#N)c1-c1ccc(O)cc1. The number of aromatic nitrogens is 1. The summed E-state index contributed by atoms with van der Waals surface area (Å²) in [5, 5.41) is 28.6. The van der Waals surface area contributed by atoms with Gasteiger partial charge in [0.25, 0.3) is 5.82 Å². The molecule has 1 aromatic carbocycles. The molecule has 0 fully saturated rings. The number of aromatic hydroxyl groups is 1. The van der Waals surface area contributed by atoms with Crippen LogP contribution in [0.3, 0.4) is 0 Å². The highest BCUT2D eigenvalue weighted by atomic mass is 32.2. The molecule has 0 saturated heterocycles. The zero-order chi connectivity index (χ0) is 17.0. The highest BCUT2D eigenvalue weighted by Gasteiger charge is 2.24. The number of primary amides is 1. The van der Waals surface area contributed by atoms with Crippen LogP contribution < -0.4 is 16.5 Å². The summed E-state index contributed by atoms with van der Waals surface area (Å²) in [4.78, 5) is 13.7. The Morgan fingerprint density at radius 3 is 2.35 bits per heavy atom. The fourth-order valence-corrected chi connectivity index (χ4v) is 2.77. The number of phenolic OH excluding ortho intramolecular Hbond substituents is 1. The standard InChI is InChI=1S/C15H11N5O2S/c16-5-10-13(8-1-3-9(21)4-2-8)11(6-17)15(20-14(10)19)23-7-12(18)22/h1-4,21H,7H2,(H2,18,22)(H2,19,20)/p+1. The zero-order valence-electron chi connectivity index (χ0n) is 11.8. The first kappa shape index (κ1) is 16.1. The highest BCUT2D eigenvalue weighted by Crippen LogP contribution is 2.34. The molecule has 0 saturated carbocycles. The number of nitrogens with two attached hydrogens (primary N) is 2. The topological polar surface area (TPSA) is 151 Å². The number of pyridine rings is 1. The molecule has 1 amide bonds. The summed E-state index contributed by atoms with van der Waals surface area (Å²) in [7, 11) is 0. The highest BCUT2D eigenvalue weighted by molar-refractivity contribution is 7.99. The average Bonchev–Trinajstić information content (AvgIpc) is 2.53. The predicted octanol–water partition coefficient (Wildman–Crippen LogP) is 0.776. The normalized spacial score (nSPS) is 9.83. The van der Waals surface area contributed by atoms with Crippen molar-refractivity contribution in [2.75, 3.05) is 11.5 Å². The van der Waals surface area contributed by atoms with Crippen molar-refractivity contribution < 1.29 is 14.9 Å². The minimum absolute atomic E-state index is 0.0362. The van der Waals surface area contributed by atoms with Crippen LogP contribution in [0.4, 0.5) is 5.82 Å². The zero-order valence-corrected chi connectivity index (χ0v) is 12.6. The number of rotatable bonds is 4. The summed E-state index contributed by atoms with van der Waals surface area (Å²) in [5.74, 6) is -0.432. The molecule has 7 nitrogen and oxygen atoms in total. The van der Waals surface area contributed by atoms with Crippen molar-refractivity contribution in [1.29, 1.82) is 10.5 Å². The Kier molecular flexibility index (Phi) is 4.69. The molecule has 0 aliphatic heterocycles. The van der Waals surface area contributed by atoms with Gasteiger partial charge in [0.1, 0.15) is 29.0 Å². The maximum Gasteiger partial charge on any atom is 0.289 e. The van der Waals surface area contributed by atoms with Gasteiger partial charge in [0.05, 0.1) is 5.75 Å². The molecule has 2 rings (SSSR count). The van der Waals surface area contributed by atoms with E-state index < -0.39 is 5.91 Å². The van der Waals surface area contributed by atoms with Gasteiger partial charge in [-0.15, -0.1) is 0 Å². The van der Waals surface area contributed by atoms with Gasteiger partial charge in [0.15, 0.2) is 5.03 Å². The second-order valence-electron chi connectivity index (χ2n) is 4.52. The molecular formula is C15H12N5O2S+. The summed E-state index contributed by atoms with van der Waals surface area (Å²) in [6.45, 7) is 0. The maximum atomic E-state index is 11.0. The monoisotopic (exact) mass is 326 g/mol. The molecule has 0 radical (unpaired) electrons. The van der Waals surface area contributed by atoms with Crippen LogP contribution in [0, 0.1) is 22.7 Å². The van der Waals surface area contributed by atoms with E-state index in [2.05, 4.69) is 4.98 Å². The number of hydrogen-bond donors (Lipinski definition) is 3. The lowest BCUT2D eigenvalue weighted by Gasteiger charge is -2.09. The number of amides is 1. The lowest BCUT2D eigenvalue weighted by molar-refractivity contribution is -0.410. The largest absolute Gasteiger partial charge is 0.508 e. The molecule has 1 heterocycles. The van der Waals surface area contributed by atoms with Gasteiger partial charge in [-0.3, -0.25) is 10.5 Å². The Labute approximate surface area is 136 Å². The number of anilines is 1. The van der Waals surface area contributed by atoms with E-state index in [0.29, 0.717) is 16.2 Å². The van der Waals surface area contributed by atoms with Crippen molar-refractivity contribution in [2.24, 2.45) is 5.73 Å². The Morgan fingerprint density at radius 1 is 1.22 bits per heavy atom. The van der Waals surface area contributed by atoms with Crippen LogP contribution in [0.15, 0.2) is 29.3 Å². The van der Waals surface area contributed by atoms with Crippen LogP contribution in [0.1, 0.15) is 11.1 Å². The summed E-state index contributed by atoms with van der Waals surface area (Å²) >= 11 is 1.03. The number of benzene rings is 1. The minimum Gasteiger partial charge on any atom is -0.508 e. The third kappa shape index (κ3) is 3.34. The molecule has 0 aliphatic rings. The molecule has 8 heteroatoms. The van der Waals surface area contributed by atoms with E-state index in [9.17, 15) is 20.4 Å². The van der Waals surface area contributed by atoms with E-state index in [1.54, 1.807) is 12.1 Å². The molecule has 0 unspecified atom stereocenters. The average molecular weight is 326 g/mol. The fraction of sp³-hybridized carbons (Fsp3) is 0.0667. The van der Waals surface area contributed by atoms with Crippen LogP contribution in [-0.4, -0.2) is 16.8 Å². The maximum absolute atomic E-state index is 11.0. The van der Waals surface area contributed by atoms with E-state index >= 15 is 0 Å². The van der Waals surface area contributed by atoms with Gasteiger partial charge in [0, 0.05) is 5.56 Å².